The Morgan fingerprint density at radius 1 is 1.13 bits per heavy atom. The molecule has 0 spiro atoms. The topological polar surface area (TPSA) is 122 Å². The lowest BCUT2D eigenvalue weighted by atomic mass is 10.1. The van der Waals surface area contributed by atoms with E-state index in [-0.39, 0.29) is 22.8 Å². The molecule has 0 aromatic heterocycles. The SMILES string of the molecule is COc1cc(/C=C2/SC(=O)N(CC(=O)Nc3cccc(F)c3)C2=O)cc(Br)c1OCc1ccc(C(=O)O)cc1. The number of rotatable bonds is 9. The van der Waals surface area contributed by atoms with Crippen molar-refractivity contribution in [3.63, 3.8) is 0 Å². The van der Waals surface area contributed by atoms with Crippen LogP contribution in [0.1, 0.15) is 21.5 Å². The summed E-state index contributed by atoms with van der Waals surface area (Å²) in [5.74, 6) is -2.10. The number of hydrogen-bond donors (Lipinski definition) is 2. The monoisotopic (exact) mass is 614 g/mol. The largest absolute Gasteiger partial charge is 0.493 e. The van der Waals surface area contributed by atoms with Gasteiger partial charge in [-0.1, -0.05) is 18.2 Å². The van der Waals surface area contributed by atoms with Gasteiger partial charge in [0.05, 0.1) is 22.1 Å². The summed E-state index contributed by atoms with van der Waals surface area (Å²) >= 11 is 4.13. The van der Waals surface area contributed by atoms with Crippen molar-refractivity contribution < 1.29 is 38.1 Å². The third-order valence-corrected chi connectivity index (χ3v) is 6.91. The maximum atomic E-state index is 13.4. The van der Waals surface area contributed by atoms with E-state index < -0.39 is 35.4 Å². The highest BCUT2D eigenvalue weighted by Crippen LogP contribution is 2.39. The Hall–Kier alpha value is -4.16. The molecule has 2 N–H and O–H groups in total. The molecule has 1 aliphatic rings. The van der Waals surface area contributed by atoms with Gasteiger partial charge in [-0.25, -0.2) is 9.18 Å². The van der Waals surface area contributed by atoms with Crippen LogP contribution < -0.4 is 14.8 Å². The highest BCUT2D eigenvalue weighted by atomic mass is 79.9. The van der Waals surface area contributed by atoms with E-state index >= 15 is 0 Å². The van der Waals surface area contributed by atoms with Gasteiger partial charge in [0.25, 0.3) is 11.1 Å². The maximum Gasteiger partial charge on any atom is 0.335 e. The van der Waals surface area contributed by atoms with Crippen LogP contribution in [0.5, 0.6) is 11.5 Å². The minimum absolute atomic E-state index is 0.111. The van der Waals surface area contributed by atoms with Crippen LogP contribution in [0.25, 0.3) is 6.08 Å². The Morgan fingerprint density at radius 3 is 2.54 bits per heavy atom. The summed E-state index contributed by atoms with van der Waals surface area (Å²) < 4.78 is 25.2. The Bertz CT molecular complexity index is 1490. The molecule has 4 rings (SSSR count). The highest BCUT2D eigenvalue weighted by Gasteiger charge is 2.36. The van der Waals surface area contributed by atoms with E-state index in [0.717, 1.165) is 16.5 Å². The van der Waals surface area contributed by atoms with Crippen LogP contribution in [0.15, 0.2) is 70.0 Å². The molecular weight excluding hydrogens is 595 g/mol. The minimum Gasteiger partial charge on any atom is -0.493 e. The fourth-order valence-corrected chi connectivity index (χ4v) is 4.97. The average Bonchev–Trinajstić information content (AvgIpc) is 3.15. The average molecular weight is 615 g/mol. The number of thioether (sulfide) groups is 1. The van der Waals surface area contributed by atoms with Crippen LogP contribution >= 0.6 is 27.7 Å². The van der Waals surface area contributed by atoms with Crippen molar-refractivity contribution in [2.24, 2.45) is 0 Å². The van der Waals surface area contributed by atoms with Gasteiger partial charge in [0.1, 0.15) is 19.0 Å². The fourth-order valence-electron chi connectivity index (χ4n) is 3.56. The quantitative estimate of drug-likeness (QED) is 0.301. The second-order valence-corrected chi connectivity index (χ2v) is 10.00. The lowest BCUT2D eigenvalue weighted by Gasteiger charge is -2.14. The summed E-state index contributed by atoms with van der Waals surface area (Å²) in [6, 6.07) is 14.8. The Labute approximate surface area is 234 Å². The van der Waals surface area contributed by atoms with E-state index in [2.05, 4.69) is 21.2 Å². The summed E-state index contributed by atoms with van der Waals surface area (Å²) in [7, 11) is 1.45. The molecule has 0 aliphatic carbocycles. The molecule has 1 saturated heterocycles. The summed E-state index contributed by atoms with van der Waals surface area (Å²) in [6.07, 6.45) is 1.50. The molecule has 200 valence electrons. The third kappa shape index (κ3) is 6.84. The van der Waals surface area contributed by atoms with Crippen LogP contribution in [0, 0.1) is 5.82 Å². The number of carboxylic acids is 1. The van der Waals surface area contributed by atoms with E-state index in [4.69, 9.17) is 14.6 Å². The van der Waals surface area contributed by atoms with Crippen LogP contribution in [-0.4, -0.2) is 46.7 Å². The zero-order valence-electron chi connectivity index (χ0n) is 20.3. The lowest BCUT2D eigenvalue weighted by molar-refractivity contribution is -0.127. The molecule has 0 radical (unpaired) electrons. The molecule has 12 heteroatoms. The first-order valence-corrected chi connectivity index (χ1v) is 12.9. The Kier molecular flexibility index (Phi) is 8.67. The summed E-state index contributed by atoms with van der Waals surface area (Å²) in [4.78, 5) is 49.6. The van der Waals surface area contributed by atoms with Crippen LogP contribution in [0.4, 0.5) is 14.9 Å². The number of nitrogens with zero attached hydrogens (tertiary/aromatic N) is 1. The van der Waals surface area contributed by atoms with Crippen LogP contribution in [-0.2, 0) is 16.2 Å². The van der Waals surface area contributed by atoms with Crippen molar-refractivity contribution in [1.82, 2.24) is 4.90 Å². The molecule has 0 saturated carbocycles. The third-order valence-electron chi connectivity index (χ3n) is 5.42. The van der Waals surface area contributed by atoms with Crippen LogP contribution in [0.2, 0.25) is 0 Å². The molecule has 3 aromatic carbocycles. The molecule has 0 bridgehead atoms. The van der Waals surface area contributed by atoms with E-state index in [1.807, 2.05) is 0 Å². The van der Waals surface area contributed by atoms with E-state index in [9.17, 15) is 23.6 Å². The van der Waals surface area contributed by atoms with Gasteiger partial charge in [-0.3, -0.25) is 19.3 Å². The Morgan fingerprint density at radius 2 is 1.87 bits per heavy atom. The van der Waals surface area contributed by atoms with Gasteiger partial charge in [0, 0.05) is 5.69 Å². The van der Waals surface area contributed by atoms with Crippen molar-refractivity contribution in [2.45, 2.75) is 6.61 Å². The highest BCUT2D eigenvalue weighted by molar-refractivity contribution is 9.10. The van der Waals surface area contributed by atoms with Crippen molar-refractivity contribution in [2.75, 3.05) is 19.0 Å². The van der Waals surface area contributed by atoms with Gasteiger partial charge in [-0.2, -0.15) is 0 Å². The zero-order valence-corrected chi connectivity index (χ0v) is 22.7. The molecule has 0 atom stereocenters. The van der Waals surface area contributed by atoms with Crippen molar-refractivity contribution in [3.05, 3.63) is 92.5 Å². The van der Waals surface area contributed by atoms with Gasteiger partial charge in [-0.15, -0.1) is 0 Å². The standard InChI is InChI=1S/C27H20BrFN2O7S/c1-37-21-10-16(9-20(28)24(21)38-14-15-5-7-17(8-6-15)26(34)35)11-22-25(33)31(27(36)39-22)13-23(32)30-19-4-2-3-18(29)12-19/h2-12H,13-14H2,1H3,(H,30,32)(H,34,35)/b22-11+. The number of carboxylic acid groups (broad SMARTS) is 1. The summed E-state index contributed by atoms with van der Waals surface area (Å²) in [6.45, 7) is -0.378. The Balaban J connectivity index is 1.45. The van der Waals surface area contributed by atoms with Gasteiger partial charge in [0.15, 0.2) is 11.5 Å². The van der Waals surface area contributed by atoms with Crippen molar-refractivity contribution >= 4 is 62.5 Å². The first-order valence-electron chi connectivity index (χ1n) is 11.3. The van der Waals surface area contributed by atoms with E-state index in [1.54, 1.807) is 24.3 Å². The molecule has 39 heavy (non-hydrogen) atoms. The molecule has 1 fully saturated rings. The number of imide groups is 1. The smallest absolute Gasteiger partial charge is 0.335 e. The number of carbonyl (C=O) groups excluding carboxylic acids is 3. The number of ether oxygens (including phenoxy) is 2. The van der Waals surface area contributed by atoms with Crippen LogP contribution in [0.3, 0.4) is 0 Å². The lowest BCUT2D eigenvalue weighted by Crippen LogP contribution is -2.36. The van der Waals surface area contributed by atoms with Crippen molar-refractivity contribution in [3.8, 4) is 11.5 Å². The van der Waals surface area contributed by atoms with E-state index in [0.29, 0.717) is 33.3 Å². The predicted molar refractivity (Wildman–Crippen MR) is 146 cm³/mol. The number of nitrogens with one attached hydrogen (secondary N) is 1. The normalized spacial score (nSPS) is 14.0. The second kappa shape index (κ2) is 12.1. The number of halogens is 2. The number of hydrogen-bond acceptors (Lipinski definition) is 7. The zero-order chi connectivity index (χ0) is 28.1. The van der Waals surface area contributed by atoms with Gasteiger partial charge in [0.2, 0.25) is 5.91 Å². The number of anilines is 1. The molecule has 0 unspecified atom stereocenters. The van der Waals surface area contributed by atoms with E-state index in [1.165, 1.54) is 43.5 Å². The maximum absolute atomic E-state index is 13.4. The summed E-state index contributed by atoms with van der Waals surface area (Å²) in [5.41, 5.74) is 1.65. The number of methoxy groups -OCH3 is 1. The molecule has 3 aromatic rings. The second-order valence-electron chi connectivity index (χ2n) is 8.15. The summed E-state index contributed by atoms with van der Waals surface area (Å²) in [5, 5.41) is 10.9. The molecule has 1 heterocycles. The minimum atomic E-state index is -1.02. The van der Waals surface area contributed by atoms with Gasteiger partial charge in [-0.05, 0) is 87.4 Å². The van der Waals surface area contributed by atoms with Gasteiger partial charge < -0.3 is 19.9 Å². The van der Waals surface area contributed by atoms with Gasteiger partial charge >= 0.3 is 5.97 Å². The molecular formula is C27H20BrFN2O7S. The van der Waals surface area contributed by atoms with Crippen molar-refractivity contribution in [1.29, 1.82) is 0 Å². The number of amides is 3. The number of benzene rings is 3. The predicted octanol–water partition coefficient (Wildman–Crippen LogP) is 5.55. The number of aromatic carboxylic acids is 1. The molecule has 9 nitrogen and oxygen atoms in total. The first-order chi connectivity index (χ1) is 18.6. The molecule has 3 amide bonds. The number of carbonyl (C=O) groups is 4. The fraction of sp³-hybridized carbons (Fsp3) is 0.111. The molecule has 1 aliphatic heterocycles. The first kappa shape index (κ1) is 27.9.